The number of rotatable bonds is 11. The molecule has 0 bridgehead atoms. The van der Waals surface area contributed by atoms with E-state index in [0.717, 1.165) is 24.2 Å². The van der Waals surface area contributed by atoms with Gasteiger partial charge in [-0.05, 0) is 88.8 Å². The van der Waals surface area contributed by atoms with Crippen LogP contribution in [0.2, 0.25) is 0 Å². The van der Waals surface area contributed by atoms with Crippen molar-refractivity contribution in [3.05, 3.63) is 54.3 Å². The van der Waals surface area contributed by atoms with E-state index in [1.54, 1.807) is 45.0 Å². The predicted octanol–water partition coefficient (Wildman–Crippen LogP) is 5.07. The van der Waals surface area contributed by atoms with E-state index >= 15 is 0 Å². The first-order valence-electron chi connectivity index (χ1n) is 14.6. The number of unbranched alkanes of at least 4 members (excludes halogenated alkanes) is 1. The van der Waals surface area contributed by atoms with E-state index in [0.29, 0.717) is 30.9 Å². The Hall–Kier alpha value is -3.60. The van der Waals surface area contributed by atoms with Gasteiger partial charge in [0.15, 0.2) is 0 Å². The highest BCUT2D eigenvalue weighted by atomic mass is 32.2. The molecular weight excluding hydrogens is 575 g/mol. The molecule has 4 rings (SSSR count). The van der Waals surface area contributed by atoms with Crippen molar-refractivity contribution in [3.63, 3.8) is 0 Å². The lowest BCUT2D eigenvalue weighted by atomic mass is 9.94. The van der Waals surface area contributed by atoms with Crippen LogP contribution in [0.3, 0.4) is 0 Å². The molecule has 2 aliphatic rings. The third kappa shape index (κ3) is 8.95. The van der Waals surface area contributed by atoms with Gasteiger partial charge in [0, 0.05) is 10.6 Å². The molecule has 232 valence electrons. The van der Waals surface area contributed by atoms with Crippen molar-refractivity contribution in [2.45, 2.75) is 69.4 Å². The van der Waals surface area contributed by atoms with Crippen LogP contribution in [-0.2, 0) is 23.9 Å². The lowest BCUT2D eigenvalue weighted by molar-refractivity contribution is -0.163. The smallest absolute Gasteiger partial charge is 0.323 e. The van der Waals surface area contributed by atoms with E-state index in [4.69, 9.17) is 9.47 Å². The highest BCUT2D eigenvalue weighted by Crippen LogP contribution is 2.41. The number of amides is 2. The molecule has 1 saturated carbocycles. The second kappa shape index (κ2) is 14.2. The number of hydrogen-bond donors (Lipinski definition) is 2. The monoisotopic (exact) mass is 614 g/mol. The summed E-state index contributed by atoms with van der Waals surface area (Å²) in [5.41, 5.74) is -0.224. The van der Waals surface area contributed by atoms with Gasteiger partial charge in [-0.25, -0.2) is 4.39 Å². The number of esters is 1. The van der Waals surface area contributed by atoms with E-state index in [1.807, 2.05) is 12.1 Å². The lowest BCUT2D eigenvalue weighted by Gasteiger charge is -2.27. The lowest BCUT2D eigenvalue weighted by Crippen LogP contribution is -2.52. The van der Waals surface area contributed by atoms with Crippen LogP contribution in [-0.4, -0.2) is 59.4 Å². The number of aliphatic carboxylic acids is 1. The standard InChI is InChI=1S/C32H39FN2O7S/c1-32(2,3)42-31(40)24-17-20(8-6-7-15-41-22-13-11-21(33)12-14-22)16-23(24)29(38)34-25-19-43-27-10-5-4-9-26(27)35(30(25)39)18-28(36)37/h4-5,9-14,20,23-25H,6-8,15-19H2,1-3H3,(H,34,38)(H,36,37)/t20?,23?,24?,25-/m0/s1. The maximum Gasteiger partial charge on any atom is 0.323 e. The molecule has 43 heavy (non-hydrogen) atoms. The van der Waals surface area contributed by atoms with Crippen LogP contribution in [0.4, 0.5) is 10.1 Å². The van der Waals surface area contributed by atoms with E-state index in [9.17, 15) is 28.7 Å². The SMILES string of the molecule is CC(C)(C)OC(=O)C1CC(CCCCOc2ccc(F)cc2)CC1C(=O)N[C@H]1CSc2ccccc2N(CC(=O)O)C1=O. The van der Waals surface area contributed by atoms with Crippen molar-refractivity contribution in [1.29, 1.82) is 0 Å². The number of fused-ring (bicyclic) bond motifs is 1. The topological polar surface area (TPSA) is 122 Å². The molecular formula is C32H39FN2O7S. The van der Waals surface area contributed by atoms with Crippen LogP contribution in [0, 0.1) is 23.6 Å². The summed E-state index contributed by atoms with van der Waals surface area (Å²) in [4.78, 5) is 53.9. The number of benzene rings is 2. The zero-order chi connectivity index (χ0) is 31.1. The molecule has 1 aliphatic heterocycles. The Bertz CT molecular complexity index is 1310. The summed E-state index contributed by atoms with van der Waals surface area (Å²) in [6.07, 6.45) is 3.34. The fourth-order valence-corrected chi connectivity index (χ4v) is 6.67. The number of hydrogen-bond acceptors (Lipinski definition) is 7. The molecule has 4 atom stereocenters. The molecule has 2 amide bonds. The van der Waals surface area contributed by atoms with Crippen molar-refractivity contribution in [2.75, 3.05) is 23.8 Å². The van der Waals surface area contributed by atoms with Crippen LogP contribution in [0.15, 0.2) is 53.4 Å². The Labute approximate surface area is 255 Å². The highest BCUT2D eigenvalue weighted by Gasteiger charge is 2.45. The number of nitrogens with zero attached hydrogens (tertiary/aromatic N) is 1. The molecule has 0 radical (unpaired) electrons. The minimum atomic E-state index is -1.16. The van der Waals surface area contributed by atoms with Gasteiger partial charge in [0.05, 0.1) is 24.1 Å². The van der Waals surface area contributed by atoms with Gasteiger partial charge in [0.2, 0.25) is 5.91 Å². The third-order valence-electron chi connectivity index (χ3n) is 7.53. The largest absolute Gasteiger partial charge is 0.494 e. The second-order valence-electron chi connectivity index (χ2n) is 12.0. The number of halogens is 1. The fraction of sp³-hybridized carbons (Fsp3) is 0.500. The Morgan fingerprint density at radius 3 is 2.44 bits per heavy atom. The summed E-state index contributed by atoms with van der Waals surface area (Å²) >= 11 is 1.37. The molecule has 11 heteroatoms. The average molecular weight is 615 g/mol. The number of carbonyl (C=O) groups is 4. The first-order valence-corrected chi connectivity index (χ1v) is 15.6. The minimum Gasteiger partial charge on any atom is -0.494 e. The summed E-state index contributed by atoms with van der Waals surface area (Å²) in [5.74, 6) is -3.21. The predicted molar refractivity (Wildman–Crippen MR) is 160 cm³/mol. The summed E-state index contributed by atoms with van der Waals surface area (Å²) in [7, 11) is 0. The minimum absolute atomic E-state index is 0.103. The van der Waals surface area contributed by atoms with E-state index < -0.39 is 53.8 Å². The van der Waals surface area contributed by atoms with Crippen molar-refractivity contribution < 1.29 is 38.1 Å². The summed E-state index contributed by atoms with van der Waals surface area (Å²) in [6, 6.07) is 12.0. The van der Waals surface area contributed by atoms with Crippen molar-refractivity contribution in [1.82, 2.24) is 5.32 Å². The number of anilines is 1. The van der Waals surface area contributed by atoms with Crippen LogP contribution in [0.25, 0.3) is 0 Å². The van der Waals surface area contributed by atoms with Gasteiger partial charge in [0.25, 0.3) is 5.91 Å². The quantitative estimate of drug-likeness (QED) is 0.266. The fourth-order valence-electron chi connectivity index (χ4n) is 5.60. The molecule has 3 unspecified atom stereocenters. The summed E-state index contributed by atoms with van der Waals surface area (Å²) in [5, 5.41) is 12.3. The zero-order valence-corrected chi connectivity index (χ0v) is 25.5. The molecule has 0 aromatic heterocycles. The molecule has 9 nitrogen and oxygen atoms in total. The zero-order valence-electron chi connectivity index (χ0n) is 24.7. The van der Waals surface area contributed by atoms with Gasteiger partial charge < -0.3 is 19.9 Å². The van der Waals surface area contributed by atoms with Crippen LogP contribution < -0.4 is 15.0 Å². The number of ether oxygens (including phenoxy) is 2. The molecule has 1 fully saturated rings. The van der Waals surface area contributed by atoms with Crippen LogP contribution in [0.5, 0.6) is 5.75 Å². The summed E-state index contributed by atoms with van der Waals surface area (Å²) in [6.45, 7) is 5.28. The van der Waals surface area contributed by atoms with Gasteiger partial charge in [-0.2, -0.15) is 0 Å². The maximum absolute atomic E-state index is 13.7. The first-order chi connectivity index (χ1) is 20.4. The molecule has 2 aromatic rings. The highest BCUT2D eigenvalue weighted by molar-refractivity contribution is 7.99. The normalized spacial score (nSPS) is 22.0. The van der Waals surface area contributed by atoms with Gasteiger partial charge in [-0.3, -0.25) is 24.1 Å². The number of carboxylic acids is 1. The molecule has 2 aromatic carbocycles. The van der Waals surface area contributed by atoms with Crippen molar-refractivity contribution >= 4 is 41.2 Å². The van der Waals surface area contributed by atoms with Crippen LogP contribution >= 0.6 is 11.8 Å². The van der Waals surface area contributed by atoms with Crippen LogP contribution in [0.1, 0.15) is 52.9 Å². The van der Waals surface area contributed by atoms with E-state index in [2.05, 4.69) is 5.32 Å². The number of carbonyl (C=O) groups excluding carboxylic acids is 3. The van der Waals surface area contributed by atoms with E-state index in [1.165, 1.54) is 28.8 Å². The molecule has 1 aliphatic carbocycles. The van der Waals surface area contributed by atoms with Crippen molar-refractivity contribution in [3.8, 4) is 5.75 Å². The molecule has 2 N–H and O–H groups in total. The van der Waals surface area contributed by atoms with Gasteiger partial charge >= 0.3 is 11.9 Å². The first kappa shape index (κ1) is 32.3. The molecule has 0 saturated heterocycles. The van der Waals surface area contributed by atoms with Gasteiger partial charge in [-0.15, -0.1) is 11.8 Å². The Morgan fingerprint density at radius 1 is 1.05 bits per heavy atom. The van der Waals surface area contributed by atoms with E-state index in [-0.39, 0.29) is 17.5 Å². The van der Waals surface area contributed by atoms with Gasteiger partial charge in [-0.1, -0.05) is 18.6 Å². The summed E-state index contributed by atoms with van der Waals surface area (Å²) < 4.78 is 24.5. The van der Waals surface area contributed by atoms with Crippen molar-refractivity contribution in [2.24, 2.45) is 17.8 Å². The Kier molecular flexibility index (Phi) is 10.7. The number of para-hydroxylation sites is 1. The Morgan fingerprint density at radius 2 is 1.74 bits per heavy atom. The average Bonchev–Trinajstić information content (AvgIpc) is 3.33. The Balaban J connectivity index is 1.40. The van der Waals surface area contributed by atoms with Gasteiger partial charge in [0.1, 0.15) is 29.8 Å². The third-order valence-corrected chi connectivity index (χ3v) is 8.69. The molecule has 0 spiro atoms. The number of carboxylic acid groups (broad SMARTS) is 1. The second-order valence-corrected chi connectivity index (χ2v) is 13.1. The number of thioether (sulfide) groups is 1. The maximum atomic E-state index is 13.7. The molecule has 1 heterocycles. The number of nitrogens with one attached hydrogen (secondary N) is 1.